The zero-order valence-corrected chi connectivity index (χ0v) is 12.8. The number of nitrogens with two attached hydrogens (primary N) is 1. The van der Waals surface area contributed by atoms with E-state index in [1.807, 2.05) is 24.3 Å². The lowest BCUT2D eigenvalue weighted by molar-refractivity contribution is -0.120. The van der Waals surface area contributed by atoms with Crippen LogP contribution in [0.15, 0.2) is 24.3 Å². The Morgan fingerprint density at radius 3 is 2.81 bits per heavy atom. The maximum Gasteiger partial charge on any atom is 0.238 e. The van der Waals surface area contributed by atoms with E-state index in [1.54, 1.807) is 0 Å². The highest BCUT2D eigenvalue weighted by molar-refractivity contribution is 5.78. The van der Waals surface area contributed by atoms with E-state index in [4.69, 9.17) is 10.6 Å². The monoisotopic (exact) mass is 290 g/mol. The Labute approximate surface area is 127 Å². The van der Waals surface area contributed by atoms with Crippen molar-refractivity contribution in [1.82, 2.24) is 5.43 Å². The van der Waals surface area contributed by atoms with Gasteiger partial charge in [-0.15, -0.1) is 0 Å². The van der Waals surface area contributed by atoms with Gasteiger partial charge in [0.15, 0.2) is 0 Å². The molecule has 0 bridgehead atoms. The first-order valence-corrected chi connectivity index (χ1v) is 7.90. The molecule has 1 aromatic rings. The lowest BCUT2D eigenvalue weighted by Crippen LogP contribution is -2.31. The molecule has 1 aliphatic carbocycles. The van der Waals surface area contributed by atoms with Crippen LogP contribution in [-0.4, -0.2) is 12.0 Å². The van der Waals surface area contributed by atoms with Crippen LogP contribution in [0.2, 0.25) is 0 Å². The molecule has 1 aliphatic rings. The maximum atomic E-state index is 11.4. The Balaban J connectivity index is 1.92. The van der Waals surface area contributed by atoms with Crippen molar-refractivity contribution < 1.29 is 9.53 Å². The minimum Gasteiger partial charge on any atom is -0.374 e. The molecule has 2 rings (SSSR count). The predicted molar refractivity (Wildman–Crippen MR) is 83.3 cm³/mol. The predicted octanol–water partition coefficient (Wildman–Crippen LogP) is 2.70. The third-order valence-electron chi connectivity index (χ3n) is 4.42. The molecular weight excluding hydrogens is 264 g/mol. The van der Waals surface area contributed by atoms with Gasteiger partial charge in [-0.2, -0.15) is 0 Å². The second kappa shape index (κ2) is 8.15. The smallest absolute Gasteiger partial charge is 0.238 e. The van der Waals surface area contributed by atoms with E-state index in [0.717, 1.165) is 23.5 Å². The van der Waals surface area contributed by atoms with Crippen molar-refractivity contribution in [2.24, 2.45) is 11.8 Å². The number of carbonyl (C=O) groups is 1. The average Bonchev–Trinajstić information content (AvgIpc) is 2.54. The summed E-state index contributed by atoms with van der Waals surface area (Å²) in [4.78, 5) is 11.4. The van der Waals surface area contributed by atoms with Gasteiger partial charge in [-0.1, -0.05) is 50.5 Å². The topological polar surface area (TPSA) is 64.3 Å². The Morgan fingerprint density at radius 2 is 2.10 bits per heavy atom. The van der Waals surface area contributed by atoms with Gasteiger partial charge in [0.05, 0.1) is 19.1 Å². The third-order valence-corrected chi connectivity index (χ3v) is 4.42. The van der Waals surface area contributed by atoms with Crippen molar-refractivity contribution in [3.05, 3.63) is 35.4 Å². The molecule has 1 fully saturated rings. The largest absolute Gasteiger partial charge is 0.374 e. The van der Waals surface area contributed by atoms with E-state index in [0.29, 0.717) is 19.1 Å². The van der Waals surface area contributed by atoms with E-state index >= 15 is 0 Å². The molecule has 0 saturated heterocycles. The van der Waals surface area contributed by atoms with E-state index < -0.39 is 0 Å². The highest BCUT2D eigenvalue weighted by atomic mass is 16.5. The summed E-state index contributed by atoms with van der Waals surface area (Å²) < 4.78 is 6.09. The molecule has 21 heavy (non-hydrogen) atoms. The quantitative estimate of drug-likeness (QED) is 0.481. The molecule has 0 spiro atoms. The van der Waals surface area contributed by atoms with Gasteiger partial charge in [0.2, 0.25) is 5.91 Å². The zero-order chi connectivity index (χ0) is 15.1. The van der Waals surface area contributed by atoms with Crippen LogP contribution in [0.4, 0.5) is 0 Å². The number of amides is 1. The molecule has 1 amide bonds. The van der Waals surface area contributed by atoms with Crippen LogP contribution < -0.4 is 11.3 Å². The molecule has 3 N–H and O–H groups in total. The zero-order valence-electron chi connectivity index (χ0n) is 12.8. The standard InChI is InChI=1S/C17H26N2O2/c1-2-13-6-5-9-16(10-13)21-12-15-8-4-3-7-14(15)11-17(20)19-18/h3-4,7-8,13,16H,2,5-6,9-12,18H2,1H3,(H,19,20). The summed E-state index contributed by atoms with van der Waals surface area (Å²) in [5.74, 6) is 5.79. The molecule has 0 aromatic heterocycles. The van der Waals surface area contributed by atoms with E-state index in [9.17, 15) is 4.79 Å². The van der Waals surface area contributed by atoms with Gasteiger partial charge in [-0.05, 0) is 29.9 Å². The fraction of sp³-hybridized carbons (Fsp3) is 0.588. The van der Waals surface area contributed by atoms with Crippen LogP contribution in [0, 0.1) is 5.92 Å². The van der Waals surface area contributed by atoms with Gasteiger partial charge >= 0.3 is 0 Å². The summed E-state index contributed by atoms with van der Waals surface area (Å²) in [6.07, 6.45) is 6.83. The number of rotatable bonds is 6. The van der Waals surface area contributed by atoms with E-state index in [1.165, 1.54) is 25.7 Å². The van der Waals surface area contributed by atoms with Gasteiger partial charge in [0.1, 0.15) is 0 Å². The molecule has 0 radical (unpaired) electrons. The molecular formula is C17H26N2O2. The molecule has 0 heterocycles. The summed E-state index contributed by atoms with van der Waals surface area (Å²) in [6.45, 7) is 2.84. The minimum atomic E-state index is -0.175. The molecule has 1 aromatic carbocycles. The van der Waals surface area contributed by atoms with Crippen LogP contribution in [0.3, 0.4) is 0 Å². The van der Waals surface area contributed by atoms with Crippen molar-refractivity contribution in [2.75, 3.05) is 0 Å². The Morgan fingerprint density at radius 1 is 1.33 bits per heavy atom. The number of nitrogens with one attached hydrogen (secondary N) is 1. The number of ether oxygens (including phenoxy) is 1. The Bertz CT molecular complexity index is 462. The second-order valence-corrected chi connectivity index (χ2v) is 5.89. The summed E-state index contributed by atoms with van der Waals surface area (Å²) in [6, 6.07) is 7.91. The van der Waals surface area contributed by atoms with Gasteiger partial charge < -0.3 is 4.74 Å². The second-order valence-electron chi connectivity index (χ2n) is 5.89. The Hall–Kier alpha value is -1.39. The van der Waals surface area contributed by atoms with Crippen molar-refractivity contribution in [1.29, 1.82) is 0 Å². The van der Waals surface area contributed by atoms with Crippen LogP contribution in [-0.2, 0) is 22.6 Å². The highest BCUT2D eigenvalue weighted by Gasteiger charge is 2.21. The molecule has 1 saturated carbocycles. The van der Waals surface area contributed by atoms with Crippen LogP contribution >= 0.6 is 0 Å². The molecule has 4 heteroatoms. The van der Waals surface area contributed by atoms with Crippen LogP contribution in [0.1, 0.15) is 50.2 Å². The molecule has 0 aliphatic heterocycles. The number of benzene rings is 1. The van der Waals surface area contributed by atoms with Gasteiger partial charge in [-0.25, -0.2) is 5.84 Å². The lowest BCUT2D eigenvalue weighted by Gasteiger charge is -2.28. The van der Waals surface area contributed by atoms with Crippen molar-refractivity contribution in [3.8, 4) is 0 Å². The summed E-state index contributed by atoms with van der Waals surface area (Å²) >= 11 is 0. The first-order valence-electron chi connectivity index (χ1n) is 7.90. The lowest BCUT2D eigenvalue weighted by atomic mass is 9.85. The van der Waals surface area contributed by atoms with Crippen molar-refractivity contribution in [2.45, 2.75) is 58.2 Å². The highest BCUT2D eigenvalue weighted by Crippen LogP contribution is 2.29. The van der Waals surface area contributed by atoms with Gasteiger partial charge in [-0.3, -0.25) is 10.2 Å². The number of hydrogen-bond acceptors (Lipinski definition) is 3. The van der Waals surface area contributed by atoms with Crippen LogP contribution in [0.5, 0.6) is 0 Å². The summed E-state index contributed by atoms with van der Waals surface area (Å²) in [5, 5.41) is 0. The molecule has 4 nitrogen and oxygen atoms in total. The van der Waals surface area contributed by atoms with Gasteiger partial charge in [0, 0.05) is 0 Å². The SMILES string of the molecule is CCC1CCCC(OCc2ccccc2CC(=O)NN)C1. The maximum absolute atomic E-state index is 11.4. The third kappa shape index (κ3) is 4.83. The van der Waals surface area contributed by atoms with Crippen molar-refractivity contribution in [3.63, 3.8) is 0 Å². The van der Waals surface area contributed by atoms with Crippen molar-refractivity contribution >= 4 is 5.91 Å². The van der Waals surface area contributed by atoms with E-state index in [2.05, 4.69) is 12.3 Å². The fourth-order valence-electron chi connectivity index (χ4n) is 3.07. The average molecular weight is 290 g/mol. The Kier molecular flexibility index (Phi) is 6.21. The normalized spacial score (nSPS) is 22.0. The molecule has 2 unspecified atom stereocenters. The summed E-state index contributed by atoms with van der Waals surface area (Å²) in [7, 11) is 0. The van der Waals surface area contributed by atoms with E-state index in [-0.39, 0.29) is 5.91 Å². The molecule has 116 valence electrons. The van der Waals surface area contributed by atoms with Gasteiger partial charge in [0.25, 0.3) is 0 Å². The van der Waals surface area contributed by atoms with Crippen LogP contribution in [0.25, 0.3) is 0 Å². The first kappa shape index (κ1) is 16.0. The molecule has 2 atom stereocenters. The fourth-order valence-corrected chi connectivity index (χ4v) is 3.07. The number of hydrogen-bond donors (Lipinski definition) is 2. The first-order chi connectivity index (χ1) is 10.2. The minimum absolute atomic E-state index is 0.175. The number of hydrazine groups is 1. The summed E-state index contributed by atoms with van der Waals surface area (Å²) in [5.41, 5.74) is 4.25. The number of carbonyl (C=O) groups excluding carboxylic acids is 1.